The molecule has 0 aliphatic carbocycles. The molecule has 1 atom stereocenters. The monoisotopic (exact) mass is 216 g/mol. The first-order chi connectivity index (χ1) is 7.72. The summed E-state index contributed by atoms with van der Waals surface area (Å²) < 4.78 is 0. The third-order valence-corrected chi connectivity index (χ3v) is 2.57. The Hall–Kier alpha value is -1.37. The van der Waals surface area contributed by atoms with E-state index in [1.165, 1.54) is 5.56 Å². The van der Waals surface area contributed by atoms with E-state index >= 15 is 0 Å². The average Bonchev–Trinajstić information content (AvgIpc) is 2.27. The number of ketones is 1. The highest BCUT2D eigenvalue weighted by molar-refractivity contribution is 5.76. The number of rotatable bonds is 6. The molecule has 1 unspecified atom stereocenters. The lowest BCUT2D eigenvalue weighted by Crippen LogP contribution is -2.02. The lowest BCUT2D eigenvalue weighted by Gasteiger charge is -2.08. The van der Waals surface area contributed by atoms with E-state index in [9.17, 15) is 4.79 Å². The van der Waals surface area contributed by atoms with Gasteiger partial charge in [0.25, 0.3) is 0 Å². The van der Waals surface area contributed by atoms with Crippen LogP contribution in [0.2, 0.25) is 0 Å². The van der Waals surface area contributed by atoms with Crippen molar-refractivity contribution in [3.05, 3.63) is 42.0 Å². The van der Waals surface area contributed by atoms with Crippen molar-refractivity contribution in [1.29, 1.82) is 0 Å². The summed E-state index contributed by atoms with van der Waals surface area (Å²) in [4.78, 5) is 11.1. The van der Waals surface area contributed by atoms with E-state index in [-0.39, 0.29) is 5.78 Å². The normalized spacial score (nSPS) is 12.9. The molecule has 16 heavy (non-hydrogen) atoms. The number of carbonyl (C=O) groups excluding carboxylic acids is 1. The van der Waals surface area contributed by atoms with Crippen LogP contribution in [-0.4, -0.2) is 5.78 Å². The predicted molar refractivity (Wildman–Crippen MR) is 69.2 cm³/mol. The molecule has 0 aromatic heterocycles. The molecular formula is C15H20O. The number of Topliss-reactive ketones (excluding diaryl/α,β-unsaturated/α-hetero) is 1. The summed E-state index contributed by atoms with van der Waals surface area (Å²) in [5.41, 5.74) is 1.20. The standard InChI is InChI=1S/C15H20O/c1-3-7-15(12-13(2)16)11-10-14-8-5-4-6-9-14/h4-6,8-11,15H,3,7,12H2,1-2H3/b11-10+. The van der Waals surface area contributed by atoms with E-state index in [1.54, 1.807) is 6.92 Å². The minimum atomic E-state index is 0.274. The van der Waals surface area contributed by atoms with Crippen LogP contribution in [0.4, 0.5) is 0 Å². The molecule has 0 aliphatic heterocycles. The Bertz CT molecular complexity index is 338. The molecule has 0 heterocycles. The van der Waals surface area contributed by atoms with Crippen molar-refractivity contribution in [2.75, 3.05) is 0 Å². The van der Waals surface area contributed by atoms with Gasteiger partial charge in [-0.1, -0.05) is 55.8 Å². The van der Waals surface area contributed by atoms with Crippen molar-refractivity contribution in [2.24, 2.45) is 5.92 Å². The largest absolute Gasteiger partial charge is 0.300 e. The second kappa shape index (κ2) is 7.00. The van der Waals surface area contributed by atoms with Crippen LogP contribution in [0.15, 0.2) is 36.4 Å². The molecule has 1 rings (SSSR count). The van der Waals surface area contributed by atoms with Gasteiger partial charge in [-0.3, -0.25) is 0 Å². The van der Waals surface area contributed by atoms with Crippen molar-refractivity contribution in [2.45, 2.75) is 33.1 Å². The van der Waals surface area contributed by atoms with E-state index in [0.717, 1.165) is 12.8 Å². The molecule has 0 N–H and O–H groups in total. The maximum absolute atomic E-state index is 11.1. The van der Waals surface area contributed by atoms with Crippen LogP contribution in [0.3, 0.4) is 0 Å². The zero-order valence-corrected chi connectivity index (χ0v) is 10.1. The molecule has 1 aromatic carbocycles. The van der Waals surface area contributed by atoms with Gasteiger partial charge in [-0.05, 0) is 24.8 Å². The molecule has 86 valence electrons. The summed E-state index contributed by atoms with van der Waals surface area (Å²) in [5.74, 6) is 0.666. The first-order valence-corrected chi connectivity index (χ1v) is 5.95. The lowest BCUT2D eigenvalue weighted by atomic mass is 9.96. The zero-order chi connectivity index (χ0) is 11.8. The number of carbonyl (C=O) groups is 1. The van der Waals surface area contributed by atoms with Gasteiger partial charge in [0, 0.05) is 6.42 Å². The highest BCUT2D eigenvalue weighted by Crippen LogP contribution is 2.15. The number of allylic oxidation sites excluding steroid dienone is 1. The van der Waals surface area contributed by atoms with Gasteiger partial charge in [0.1, 0.15) is 5.78 Å². The van der Waals surface area contributed by atoms with Gasteiger partial charge < -0.3 is 4.79 Å². The fourth-order valence-electron chi connectivity index (χ4n) is 1.82. The van der Waals surface area contributed by atoms with E-state index < -0.39 is 0 Å². The second-order valence-electron chi connectivity index (χ2n) is 4.22. The van der Waals surface area contributed by atoms with Gasteiger partial charge >= 0.3 is 0 Å². The Labute approximate surface area is 98.2 Å². The molecule has 0 spiro atoms. The lowest BCUT2D eigenvalue weighted by molar-refractivity contribution is -0.117. The summed E-state index contributed by atoms with van der Waals surface area (Å²) >= 11 is 0. The first-order valence-electron chi connectivity index (χ1n) is 5.95. The van der Waals surface area contributed by atoms with E-state index in [4.69, 9.17) is 0 Å². The molecule has 0 bridgehead atoms. The van der Waals surface area contributed by atoms with Gasteiger partial charge in [0.15, 0.2) is 0 Å². The smallest absolute Gasteiger partial charge is 0.130 e. The molecule has 0 aliphatic rings. The van der Waals surface area contributed by atoms with Crippen molar-refractivity contribution in [1.82, 2.24) is 0 Å². The SMILES string of the molecule is CCCC(/C=C/c1ccccc1)CC(C)=O. The maximum Gasteiger partial charge on any atom is 0.130 e. The summed E-state index contributed by atoms with van der Waals surface area (Å²) in [6, 6.07) is 10.2. The van der Waals surface area contributed by atoms with Crippen molar-refractivity contribution < 1.29 is 4.79 Å². The fraction of sp³-hybridized carbons (Fsp3) is 0.400. The van der Waals surface area contributed by atoms with E-state index in [0.29, 0.717) is 12.3 Å². The topological polar surface area (TPSA) is 17.1 Å². The minimum Gasteiger partial charge on any atom is -0.300 e. The van der Waals surface area contributed by atoms with Crippen LogP contribution in [-0.2, 0) is 4.79 Å². The van der Waals surface area contributed by atoms with Gasteiger partial charge in [-0.25, -0.2) is 0 Å². The van der Waals surface area contributed by atoms with Gasteiger partial charge in [0.05, 0.1) is 0 Å². The predicted octanol–water partition coefficient (Wildman–Crippen LogP) is 4.10. The van der Waals surface area contributed by atoms with E-state index in [1.807, 2.05) is 18.2 Å². The second-order valence-corrected chi connectivity index (χ2v) is 4.22. The van der Waals surface area contributed by atoms with Gasteiger partial charge in [-0.2, -0.15) is 0 Å². The minimum absolute atomic E-state index is 0.274. The maximum atomic E-state index is 11.1. The highest BCUT2D eigenvalue weighted by atomic mass is 16.1. The number of hydrogen-bond acceptors (Lipinski definition) is 1. The molecule has 1 nitrogen and oxygen atoms in total. The molecule has 1 heteroatoms. The molecule has 0 amide bonds. The fourth-order valence-corrected chi connectivity index (χ4v) is 1.82. The molecule has 0 saturated carbocycles. The van der Waals surface area contributed by atoms with Crippen LogP contribution in [0, 0.1) is 5.92 Å². The third kappa shape index (κ3) is 4.92. The molecule has 0 fully saturated rings. The van der Waals surface area contributed by atoms with Crippen LogP contribution in [0.5, 0.6) is 0 Å². The van der Waals surface area contributed by atoms with Crippen molar-refractivity contribution in [3.8, 4) is 0 Å². The van der Waals surface area contributed by atoms with E-state index in [2.05, 4.69) is 31.2 Å². The van der Waals surface area contributed by atoms with Crippen LogP contribution in [0.25, 0.3) is 6.08 Å². The Kier molecular flexibility index (Phi) is 5.55. The Balaban J connectivity index is 2.60. The van der Waals surface area contributed by atoms with Crippen molar-refractivity contribution >= 4 is 11.9 Å². The summed E-state index contributed by atoms with van der Waals surface area (Å²) in [6.07, 6.45) is 7.15. The number of hydrogen-bond donors (Lipinski definition) is 0. The molecule has 1 aromatic rings. The van der Waals surface area contributed by atoms with Gasteiger partial charge in [0.2, 0.25) is 0 Å². The first kappa shape index (κ1) is 12.7. The summed E-state index contributed by atoms with van der Waals surface area (Å²) in [6.45, 7) is 3.82. The Morgan fingerprint density at radius 2 is 2.00 bits per heavy atom. The van der Waals surface area contributed by atoms with Crippen LogP contribution in [0.1, 0.15) is 38.7 Å². The third-order valence-electron chi connectivity index (χ3n) is 2.57. The Morgan fingerprint density at radius 1 is 1.31 bits per heavy atom. The zero-order valence-electron chi connectivity index (χ0n) is 10.1. The van der Waals surface area contributed by atoms with Crippen LogP contribution < -0.4 is 0 Å². The van der Waals surface area contributed by atoms with Crippen LogP contribution >= 0.6 is 0 Å². The number of benzene rings is 1. The Morgan fingerprint density at radius 3 is 2.56 bits per heavy atom. The summed E-state index contributed by atoms with van der Waals surface area (Å²) in [5, 5.41) is 0. The summed E-state index contributed by atoms with van der Waals surface area (Å²) in [7, 11) is 0. The molecular weight excluding hydrogens is 196 g/mol. The van der Waals surface area contributed by atoms with Crippen molar-refractivity contribution in [3.63, 3.8) is 0 Å². The van der Waals surface area contributed by atoms with Gasteiger partial charge in [-0.15, -0.1) is 0 Å². The average molecular weight is 216 g/mol. The highest BCUT2D eigenvalue weighted by Gasteiger charge is 2.06. The molecule has 0 saturated heterocycles. The molecule has 0 radical (unpaired) electrons. The quantitative estimate of drug-likeness (QED) is 0.699.